The van der Waals surface area contributed by atoms with Gasteiger partial charge in [-0.1, -0.05) is 17.7 Å². The first-order chi connectivity index (χ1) is 17.8. The van der Waals surface area contributed by atoms with E-state index in [-0.39, 0.29) is 40.8 Å². The Kier molecular flexibility index (Phi) is 7.40. The van der Waals surface area contributed by atoms with Crippen molar-refractivity contribution in [1.82, 2.24) is 15.0 Å². The number of anilines is 1. The SMILES string of the molecule is O=C(Cc1ccc(C(F)(F)F)cc1C(F)(F)F)N(Cc1cnc(-c2ncc(Cl)cn2)o1)c1ccc(F)cc1. The number of halogens is 8. The Morgan fingerprint density at radius 1 is 0.895 bits per heavy atom. The first kappa shape index (κ1) is 27.0. The highest BCUT2D eigenvalue weighted by Gasteiger charge is 2.38. The minimum Gasteiger partial charge on any atom is -0.437 e. The second-order valence-corrected chi connectivity index (χ2v) is 8.29. The minimum atomic E-state index is -5.16. The number of oxazole rings is 1. The molecule has 0 saturated carbocycles. The van der Waals surface area contributed by atoms with Crippen molar-refractivity contribution in [3.05, 3.63) is 94.3 Å². The van der Waals surface area contributed by atoms with E-state index in [2.05, 4.69) is 15.0 Å². The standard InChI is InChI=1S/C24H14ClF7N4O2/c25-15-9-33-21(34-10-15)22-35-11-18(38-22)12-36(17-5-3-16(26)4-6-17)20(37)7-13-1-2-14(23(27,28)29)8-19(13)24(30,31)32/h1-6,8-11H,7,12H2. The molecule has 0 radical (unpaired) electrons. The summed E-state index contributed by atoms with van der Waals surface area (Å²) in [5, 5.41) is 0.259. The predicted molar refractivity (Wildman–Crippen MR) is 120 cm³/mol. The number of benzene rings is 2. The Labute approximate surface area is 214 Å². The number of nitrogens with zero attached hydrogens (tertiary/aromatic N) is 4. The molecule has 4 rings (SSSR count). The van der Waals surface area contributed by atoms with Crippen LogP contribution in [-0.2, 0) is 30.1 Å². The van der Waals surface area contributed by atoms with Gasteiger partial charge in [-0.3, -0.25) is 4.79 Å². The van der Waals surface area contributed by atoms with Crippen molar-refractivity contribution in [1.29, 1.82) is 0 Å². The molecule has 0 spiro atoms. The van der Waals surface area contributed by atoms with E-state index in [1.54, 1.807) is 0 Å². The van der Waals surface area contributed by atoms with Crippen molar-refractivity contribution >= 4 is 23.2 Å². The van der Waals surface area contributed by atoms with E-state index in [4.69, 9.17) is 16.0 Å². The molecule has 6 nitrogen and oxygen atoms in total. The molecule has 0 fully saturated rings. The molecular formula is C24H14ClF7N4O2. The summed E-state index contributed by atoms with van der Waals surface area (Å²) in [4.78, 5) is 26.1. The second-order valence-electron chi connectivity index (χ2n) is 7.86. The summed E-state index contributed by atoms with van der Waals surface area (Å²) >= 11 is 5.75. The van der Waals surface area contributed by atoms with Gasteiger partial charge in [0.15, 0.2) is 0 Å². The number of rotatable bonds is 6. The van der Waals surface area contributed by atoms with Gasteiger partial charge in [0.2, 0.25) is 11.7 Å². The zero-order valence-electron chi connectivity index (χ0n) is 18.8. The van der Waals surface area contributed by atoms with Crippen molar-refractivity contribution in [2.24, 2.45) is 0 Å². The van der Waals surface area contributed by atoms with Gasteiger partial charge in [0.05, 0.1) is 35.3 Å². The molecule has 4 aromatic rings. The molecule has 0 N–H and O–H groups in total. The Hall–Kier alpha value is -4.00. The van der Waals surface area contributed by atoms with Crippen molar-refractivity contribution in [3.63, 3.8) is 0 Å². The number of alkyl halides is 6. The van der Waals surface area contributed by atoms with Crippen LogP contribution < -0.4 is 4.90 Å². The maximum Gasteiger partial charge on any atom is 0.416 e. The van der Waals surface area contributed by atoms with E-state index in [1.807, 2.05) is 0 Å². The van der Waals surface area contributed by atoms with E-state index in [1.165, 1.54) is 30.7 Å². The normalized spacial score (nSPS) is 12.0. The zero-order valence-corrected chi connectivity index (χ0v) is 19.6. The Bertz CT molecular complexity index is 1440. The van der Waals surface area contributed by atoms with Gasteiger partial charge in [0.25, 0.3) is 5.89 Å². The fourth-order valence-corrected chi connectivity index (χ4v) is 3.53. The first-order valence-electron chi connectivity index (χ1n) is 10.6. The lowest BCUT2D eigenvalue weighted by molar-refractivity contribution is -0.143. The van der Waals surface area contributed by atoms with Crippen molar-refractivity contribution in [2.75, 3.05) is 4.90 Å². The number of amides is 1. The van der Waals surface area contributed by atoms with Gasteiger partial charge < -0.3 is 9.32 Å². The lowest BCUT2D eigenvalue weighted by atomic mass is 9.99. The zero-order chi connectivity index (χ0) is 27.7. The Morgan fingerprint density at radius 3 is 2.16 bits per heavy atom. The van der Waals surface area contributed by atoms with Crippen molar-refractivity contribution in [2.45, 2.75) is 25.3 Å². The third-order valence-electron chi connectivity index (χ3n) is 5.20. The largest absolute Gasteiger partial charge is 0.437 e. The minimum absolute atomic E-state index is 0.0368. The van der Waals surface area contributed by atoms with Crippen LogP contribution in [0, 0.1) is 5.82 Å². The van der Waals surface area contributed by atoms with Gasteiger partial charge >= 0.3 is 12.4 Å². The smallest absolute Gasteiger partial charge is 0.416 e. The fraction of sp³-hybridized carbons (Fsp3) is 0.167. The first-order valence-corrected chi connectivity index (χ1v) is 10.9. The quantitative estimate of drug-likeness (QED) is 0.245. The molecule has 2 aromatic heterocycles. The van der Waals surface area contributed by atoms with Crippen molar-refractivity contribution < 1.29 is 39.9 Å². The summed E-state index contributed by atoms with van der Waals surface area (Å²) in [7, 11) is 0. The lowest BCUT2D eigenvalue weighted by Crippen LogP contribution is -2.32. The third kappa shape index (κ3) is 6.28. The van der Waals surface area contributed by atoms with E-state index in [0.717, 1.165) is 17.0 Å². The summed E-state index contributed by atoms with van der Waals surface area (Å²) in [5.74, 6) is -1.46. The molecule has 0 bridgehead atoms. The van der Waals surface area contributed by atoms with Gasteiger partial charge in [-0.2, -0.15) is 26.3 Å². The Morgan fingerprint density at radius 2 is 1.55 bits per heavy atom. The average Bonchev–Trinajstić information content (AvgIpc) is 3.31. The number of carbonyl (C=O) groups excluding carboxylic acids is 1. The summed E-state index contributed by atoms with van der Waals surface area (Å²) in [6.45, 7) is -0.354. The second kappa shape index (κ2) is 10.4. The van der Waals surface area contributed by atoms with Crippen molar-refractivity contribution in [3.8, 4) is 11.7 Å². The van der Waals surface area contributed by atoms with Gasteiger partial charge in [-0.15, -0.1) is 0 Å². The third-order valence-corrected chi connectivity index (χ3v) is 5.40. The highest BCUT2D eigenvalue weighted by Crippen LogP contribution is 2.38. The monoisotopic (exact) mass is 558 g/mol. The van der Waals surface area contributed by atoms with Crippen LogP contribution >= 0.6 is 11.6 Å². The maximum absolute atomic E-state index is 13.6. The summed E-state index contributed by atoms with van der Waals surface area (Å²) in [6, 6.07) is 5.52. The van der Waals surface area contributed by atoms with E-state index in [0.29, 0.717) is 12.1 Å². The van der Waals surface area contributed by atoms with Crippen LogP contribution in [0.3, 0.4) is 0 Å². The van der Waals surface area contributed by atoms with Crippen LogP contribution in [0.15, 0.2) is 65.5 Å². The molecule has 0 aliphatic carbocycles. The molecule has 38 heavy (non-hydrogen) atoms. The lowest BCUT2D eigenvalue weighted by Gasteiger charge is -2.23. The molecule has 14 heteroatoms. The van der Waals surface area contributed by atoms with Gasteiger partial charge in [-0.25, -0.2) is 19.3 Å². The molecule has 2 aromatic carbocycles. The molecule has 198 valence electrons. The maximum atomic E-state index is 13.6. The Balaban J connectivity index is 1.66. The van der Waals surface area contributed by atoms with Gasteiger partial charge in [0.1, 0.15) is 11.6 Å². The highest BCUT2D eigenvalue weighted by molar-refractivity contribution is 6.30. The number of aromatic nitrogens is 3. The molecule has 1 amide bonds. The van der Waals surface area contributed by atoms with Gasteiger partial charge in [-0.05, 0) is 42.0 Å². The highest BCUT2D eigenvalue weighted by atomic mass is 35.5. The van der Waals surface area contributed by atoms with Gasteiger partial charge in [0, 0.05) is 18.1 Å². The molecule has 0 unspecified atom stereocenters. The van der Waals surface area contributed by atoms with Crippen LogP contribution in [0.1, 0.15) is 22.5 Å². The fourth-order valence-electron chi connectivity index (χ4n) is 3.44. The molecular weight excluding hydrogens is 545 g/mol. The van der Waals surface area contributed by atoms with Crippen LogP contribution in [0.2, 0.25) is 5.02 Å². The molecule has 0 aliphatic rings. The number of hydrogen-bond donors (Lipinski definition) is 0. The van der Waals surface area contributed by atoms with E-state index < -0.39 is 47.2 Å². The molecule has 0 aliphatic heterocycles. The van der Waals surface area contributed by atoms with Crippen LogP contribution in [0.25, 0.3) is 11.7 Å². The van der Waals surface area contributed by atoms with Crippen LogP contribution in [0.5, 0.6) is 0 Å². The predicted octanol–water partition coefficient (Wildman–Crippen LogP) is 6.74. The summed E-state index contributed by atoms with van der Waals surface area (Å²) in [5.41, 5.74) is -3.68. The average molecular weight is 559 g/mol. The molecule has 0 saturated heterocycles. The van der Waals surface area contributed by atoms with E-state index in [9.17, 15) is 35.5 Å². The summed E-state index contributed by atoms with van der Waals surface area (Å²) < 4.78 is 98.9. The van der Waals surface area contributed by atoms with E-state index >= 15 is 0 Å². The number of carbonyl (C=O) groups is 1. The summed E-state index contributed by atoms with van der Waals surface area (Å²) in [6.07, 6.45) is -7.26. The van der Waals surface area contributed by atoms with Crippen LogP contribution in [-0.4, -0.2) is 20.9 Å². The van der Waals surface area contributed by atoms with Crippen LogP contribution in [0.4, 0.5) is 36.4 Å². The molecule has 0 atom stereocenters. The molecule has 2 heterocycles. The number of hydrogen-bond acceptors (Lipinski definition) is 5. The topological polar surface area (TPSA) is 72.1 Å².